The molecule has 1 heterocycles. The summed E-state index contributed by atoms with van der Waals surface area (Å²) in [6, 6.07) is 10.8. The summed E-state index contributed by atoms with van der Waals surface area (Å²) in [6.45, 7) is -0.0225. The summed E-state index contributed by atoms with van der Waals surface area (Å²) >= 11 is 0. The first-order valence-corrected chi connectivity index (χ1v) is 7.14. The van der Waals surface area contributed by atoms with Crippen molar-refractivity contribution in [3.05, 3.63) is 59.2 Å². The van der Waals surface area contributed by atoms with E-state index < -0.39 is 11.7 Å². The topological polar surface area (TPSA) is 38.3 Å². The molecule has 1 amide bonds. The molecule has 6 heteroatoms. The van der Waals surface area contributed by atoms with Crippen LogP contribution in [0.15, 0.2) is 42.5 Å². The minimum atomic E-state index is -4.35. The van der Waals surface area contributed by atoms with E-state index in [0.29, 0.717) is 17.9 Å². The van der Waals surface area contributed by atoms with Gasteiger partial charge in [-0.05, 0) is 42.2 Å². The van der Waals surface area contributed by atoms with Gasteiger partial charge in [-0.25, -0.2) is 0 Å². The van der Waals surface area contributed by atoms with Gasteiger partial charge in [0.1, 0.15) is 5.75 Å². The quantitative estimate of drug-likeness (QED) is 0.933. The van der Waals surface area contributed by atoms with Crippen LogP contribution >= 0.6 is 0 Å². The molecule has 0 saturated heterocycles. The van der Waals surface area contributed by atoms with E-state index in [1.807, 2.05) is 0 Å². The molecule has 1 aliphatic heterocycles. The van der Waals surface area contributed by atoms with Gasteiger partial charge >= 0.3 is 6.18 Å². The zero-order chi connectivity index (χ0) is 16.4. The Bertz CT molecular complexity index is 741. The van der Waals surface area contributed by atoms with Gasteiger partial charge in [-0.3, -0.25) is 4.79 Å². The fourth-order valence-electron chi connectivity index (χ4n) is 2.58. The van der Waals surface area contributed by atoms with E-state index in [1.54, 1.807) is 24.3 Å². The molecule has 0 radical (unpaired) electrons. The molecule has 3 nitrogen and oxygen atoms in total. The maximum atomic E-state index is 13.0. The highest BCUT2D eigenvalue weighted by Gasteiger charge is 2.32. The summed E-state index contributed by atoms with van der Waals surface area (Å²) in [4.78, 5) is 11.3. The molecule has 0 saturated carbocycles. The van der Waals surface area contributed by atoms with Crippen molar-refractivity contribution in [1.29, 1.82) is 0 Å². The summed E-state index contributed by atoms with van der Waals surface area (Å²) in [5, 5.41) is 2.69. The van der Waals surface area contributed by atoms with Crippen molar-refractivity contribution in [2.24, 2.45) is 0 Å². The second-order valence-corrected chi connectivity index (χ2v) is 5.32. The summed E-state index contributed by atoms with van der Waals surface area (Å²) in [6.07, 6.45) is -3.65. The third kappa shape index (κ3) is 3.47. The van der Waals surface area contributed by atoms with E-state index in [4.69, 9.17) is 4.74 Å². The van der Waals surface area contributed by atoms with Gasteiger partial charge in [-0.15, -0.1) is 0 Å². The number of rotatable bonds is 3. The van der Waals surface area contributed by atoms with Gasteiger partial charge < -0.3 is 10.1 Å². The smallest absolute Gasteiger partial charge is 0.416 e. The summed E-state index contributed by atoms with van der Waals surface area (Å²) in [5.74, 6) is 0.334. The Morgan fingerprint density at radius 3 is 2.65 bits per heavy atom. The Morgan fingerprint density at radius 2 is 1.87 bits per heavy atom. The summed E-state index contributed by atoms with van der Waals surface area (Å²) in [7, 11) is 0. The van der Waals surface area contributed by atoms with Crippen LogP contribution in [0.2, 0.25) is 0 Å². The molecular weight excluding hydrogens is 307 g/mol. The molecule has 0 aliphatic carbocycles. The summed E-state index contributed by atoms with van der Waals surface area (Å²) in [5.41, 5.74) is 1.06. The number of benzene rings is 2. The second-order valence-electron chi connectivity index (χ2n) is 5.32. The molecule has 3 rings (SSSR count). The molecule has 0 atom stereocenters. The number of carbonyl (C=O) groups is 1. The Hall–Kier alpha value is -2.50. The van der Waals surface area contributed by atoms with Gasteiger partial charge in [0.25, 0.3) is 5.91 Å². The van der Waals surface area contributed by atoms with Gasteiger partial charge in [0, 0.05) is 0 Å². The van der Waals surface area contributed by atoms with Crippen molar-refractivity contribution in [2.75, 3.05) is 11.9 Å². The monoisotopic (exact) mass is 321 g/mol. The van der Waals surface area contributed by atoms with E-state index >= 15 is 0 Å². The largest absolute Gasteiger partial charge is 0.482 e. The normalized spacial score (nSPS) is 14.0. The highest BCUT2D eigenvalue weighted by Crippen LogP contribution is 2.33. The van der Waals surface area contributed by atoms with Gasteiger partial charge in [-0.2, -0.15) is 13.2 Å². The molecule has 0 fully saturated rings. The molecule has 23 heavy (non-hydrogen) atoms. The minimum Gasteiger partial charge on any atom is -0.482 e. The minimum absolute atomic E-state index is 0.0225. The van der Waals surface area contributed by atoms with Crippen LogP contribution in [0.3, 0.4) is 0 Å². The highest BCUT2D eigenvalue weighted by molar-refractivity contribution is 5.95. The van der Waals surface area contributed by atoms with E-state index in [0.717, 1.165) is 11.6 Å². The average Bonchev–Trinajstić information content (AvgIpc) is 2.52. The first kappa shape index (κ1) is 15.4. The van der Waals surface area contributed by atoms with E-state index in [9.17, 15) is 18.0 Å². The fraction of sp³-hybridized carbons (Fsp3) is 0.235. The molecular formula is C17H14F3NO2. The van der Waals surface area contributed by atoms with Crippen LogP contribution in [0, 0.1) is 0 Å². The van der Waals surface area contributed by atoms with Crippen molar-refractivity contribution in [3.63, 3.8) is 0 Å². The predicted molar refractivity (Wildman–Crippen MR) is 79.4 cm³/mol. The molecule has 1 N–H and O–H groups in total. The van der Waals surface area contributed by atoms with Crippen molar-refractivity contribution < 1.29 is 22.7 Å². The predicted octanol–water partition coefficient (Wildman–Crippen LogP) is 3.82. The van der Waals surface area contributed by atoms with Gasteiger partial charge in [0.05, 0.1) is 11.3 Å². The molecule has 0 unspecified atom stereocenters. The number of anilines is 1. The SMILES string of the molecule is O=C1COc2ccc(CCc3ccccc3C(F)(F)F)cc2N1. The molecule has 2 aromatic carbocycles. The number of fused-ring (bicyclic) bond motifs is 1. The Balaban J connectivity index is 1.77. The van der Waals surface area contributed by atoms with Crippen LogP contribution < -0.4 is 10.1 Å². The van der Waals surface area contributed by atoms with E-state index in [-0.39, 0.29) is 24.5 Å². The zero-order valence-corrected chi connectivity index (χ0v) is 12.1. The lowest BCUT2D eigenvalue weighted by Gasteiger charge is -2.18. The number of hydrogen-bond donors (Lipinski definition) is 1. The van der Waals surface area contributed by atoms with Crippen molar-refractivity contribution >= 4 is 11.6 Å². The number of halogens is 3. The van der Waals surface area contributed by atoms with Gasteiger partial charge in [-0.1, -0.05) is 24.3 Å². The van der Waals surface area contributed by atoms with Gasteiger partial charge in [0.2, 0.25) is 0 Å². The molecule has 0 bridgehead atoms. The van der Waals surface area contributed by atoms with Crippen molar-refractivity contribution in [3.8, 4) is 5.75 Å². The lowest BCUT2D eigenvalue weighted by molar-refractivity contribution is -0.138. The van der Waals surface area contributed by atoms with Crippen LogP contribution in [0.25, 0.3) is 0 Å². The standard InChI is InChI=1S/C17H14F3NO2/c18-17(19,20)13-4-2-1-3-12(13)7-5-11-6-8-15-14(9-11)21-16(22)10-23-15/h1-4,6,8-9H,5,7,10H2,(H,21,22). The van der Waals surface area contributed by atoms with Crippen LogP contribution in [0.5, 0.6) is 5.75 Å². The van der Waals surface area contributed by atoms with Gasteiger partial charge in [0.15, 0.2) is 6.61 Å². The van der Waals surface area contributed by atoms with Crippen LogP contribution in [0.1, 0.15) is 16.7 Å². The van der Waals surface area contributed by atoms with Crippen LogP contribution in [-0.2, 0) is 23.8 Å². The van der Waals surface area contributed by atoms with E-state index in [1.165, 1.54) is 12.1 Å². The zero-order valence-electron chi connectivity index (χ0n) is 12.1. The van der Waals surface area contributed by atoms with Crippen LogP contribution in [-0.4, -0.2) is 12.5 Å². The third-order valence-electron chi connectivity index (χ3n) is 3.68. The summed E-state index contributed by atoms with van der Waals surface area (Å²) < 4.78 is 44.2. The molecule has 1 aliphatic rings. The Morgan fingerprint density at radius 1 is 1.09 bits per heavy atom. The number of nitrogens with one attached hydrogen (secondary N) is 1. The number of aryl methyl sites for hydroxylation is 2. The maximum Gasteiger partial charge on any atom is 0.416 e. The lowest BCUT2D eigenvalue weighted by atomic mass is 9.99. The molecule has 2 aromatic rings. The molecule has 0 spiro atoms. The second kappa shape index (κ2) is 5.95. The first-order chi connectivity index (χ1) is 10.9. The third-order valence-corrected chi connectivity index (χ3v) is 3.68. The fourth-order valence-corrected chi connectivity index (χ4v) is 2.58. The number of carbonyl (C=O) groups excluding carboxylic acids is 1. The number of alkyl halides is 3. The average molecular weight is 321 g/mol. The molecule has 0 aromatic heterocycles. The van der Waals surface area contributed by atoms with Crippen molar-refractivity contribution in [2.45, 2.75) is 19.0 Å². The first-order valence-electron chi connectivity index (χ1n) is 7.14. The maximum absolute atomic E-state index is 13.0. The number of hydrogen-bond acceptors (Lipinski definition) is 2. The number of ether oxygens (including phenoxy) is 1. The van der Waals surface area contributed by atoms with E-state index in [2.05, 4.69) is 5.32 Å². The Kier molecular flexibility index (Phi) is 3.98. The highest BCUT2D eigenvalue weighted by atomic mass is 19.4. The van der Waals surface area contributed by atoms with Crippen molar-refractivity contribution in [1.82, 2.24) is 0 Å². The molecule has 120 valence electrons. The lowest BCUT2D eigenvalue weighted by Crippen LogP contribution is -2.25. The van der Waals surface area contributed by atoms with Crippen LogP contribution in [0.4, 0.5) is 18.9 Å². The number of amides is 1. The Labute approximate surface area is 131 Å².